The number of H-pyrrole nitrogens is 1. The van der Waals surface area contributed by atoms with Gasteiger partial charge in [-0.3, -0.25) is 9.89 Å². The lowest BCUT2D eigenvalue weighted by atomic mass is 10.1. The van der Waals surface area contributed by atoms with E-state index < -0.39 is 0 Å². The Morgan fingerprint density at radius 3 is 2.95 bits per heavy atom. The average molecular weight is 327 g/mol. The van der Waals surface area contributed by atoms with Crippen LogP contribution in [0.15, 0.2) is 4.47 Å². The molecule has 0 spiro atoms. The zero-order chi connectivity index (χ0) is 13.4. The summed E-state index contributed by atoms with van der Waals surface area (Å²) in [5.74, 6) is 0.602. The molecule has 1 aromatic rings. The second-order valence-electron chi connectivity index (χ2n) is 5.45. The standard InChI is InChI=1S/C13H19BrN4O/c1-15-9-3-2-6-18(7-9)13(19)12-10(14)11(16-17-12)8-4-5-8/h8-9,15H,2-7H2,1H3,(H,16,17). The average Bonchev–Trinajstić information content (AvgIpc) is 3.21. The molecule has 1 saturated carbocycles. The number of aromatic nitrogens is 2. The van der Waals surface area contributed by atoms with Crippen molar-refractivity contribution in [1.29, 1.82) is 0 Å². The van der Waals surface area contributed by atoms with Gasteiger partial charge in [0.25, 0.3) is 5.91 Å². The number of hydrogen-bond donors (Lipinski definition) is 2. The highest BCUT2D eigenvalue weighted by molar-refractivity contribution is 9.10. The van der Waals surface area contributed by atoms with Crippen LogP contribution in [0.1, 0.15) is 47.8 Å². The summed E-state index contributed by atoms with van der Waals surface area (Å²) >= 11 is 3.53. The van der Waals surface area contributed by atoms with Gasteiger partial charge in [0, 0.05) is 25.0 Å². The lowest BCUT2D eigenvalue weighted by molar-refractivity contribution is 0.0691. The zero-order valence-electron chi connectivity index (χ0n) is 11.1. The molecule has 6 heteroatoms. The third kappa shape index (κ3) is 2.56. The van der Waals surface area contributed by atoms with Crippen LogP contribution in [0.4, 0.5) is 0 Å². The predicted octanol–water partition coefficient (Wildman–Crippen LogP) is 1.87. The van der Waals surface area contributed by atoms with Crippen molar-refractivity contribution in [3.8, 4) is 0 Å². The van der Waals surface area contributed by atoms with Crippen molar-refractivity contribution in [1.82, 2.24) is 20.4 Å². The number of carbonyl (C=O) groups is 1. The van der Waals surface area contributed by atoms with Crippen molar-refractivity contribution in [3.05, 3.63) is 15.9 Å². The smallest absolute Gasteiger partial charge is 0.275 e. The fraction of sp³-hybridized carbons (Fsp3) is 0.692. The zero-order valence-corrected chi connectivity index (χ0v) is 12.7. The quantitative estimate of drug-likeness (QED) is 0.891. The van der Waals surface area contributed by atoms with Crippen molar-refractivity contribution in [2.45, 2.75) is 37.6 Å². The minimum atomic E-state index is 0.0370. The van der Waals surface area contributed by atoms with E-state index in [1.165, 1.54) is 12.8 Å². The van der Waals surface area contributed by atoms with Crippen molar-refractivity contribution in [2.24, 2.45) is 0 Å². The molecule has 2 aliphatic rings. The lowest BCUT2D eigenvalue weighted by Crippen LogP contribution is -2.47. The molecule has 2 N–H and O–H groups in total. The molecular formula is C13H19BrN4O. The van der Waals surface area contributed by atoms with E-state index in [0.29, 0.717) is 17.7 Å². The number of nitrogens with zero attached hydrogens (tertiary/aromatic N) is 2. The number of hydrogen-bond acceptors (Lipinski definition) is 3. The molecule has 1 unspecified atom stereocenters. The summed E-state index contributed by atoms with van der Waals surface area (Å²) in [6.07, 6.45) is 4.57. The fourth-order valence-electron chi connectivity index (χ4n) is 2.67. The first-order valence-electron chi connectivity index (χ1n) is 6.91. The van der Waals surface area contributed by atoms with E-state index in [-0.39, 0.29) is 5.91 Å². The van der Waals surface area contributed by atoms with Gasteiger partial charge in [-0.1, -0.05) is 0 Å². The normalized spacial score (nSPS) is 23.7. The van der Waals surface area contributed by atoms with Crippen LogP contribution in [0.25, 0.3) is 0 Å². The van der Waals surface area contributed by atoms with Crippen molar-refractivity contribution >= 4 is 21.8 Å². The molecule has 2 heterocycles. The first-order chi connectivity index (χ1) is 9.20. The molecule has 0 bridgehead atoms. The number of amides is 1. The van der Waals surface area contributed by atoms with Gasteiger partial charge >= 0.3 is 0 Å². The van der Waals surface area contributed by atoms with Gasteiger partial charge in [-0.2, -0.15) is 5.10 Å². The Labute approximate surface area is 121 Å². The summed E-state index contributed by atoms with van der Waals surface area (Å²) in [5.41, 5.74) is 1.63. The summed E-state index contributed by atoms with van der Waals surface area (Å²) in [6, 6.07) is 0.401. The maximum atomic E-state index is 12.5. The van der Waals surface area contributed by atoms with Gasteiger partial charge in [0.1, 0.15) is 0 Å². The number of rotatable bonds is 3. The Morgan fingerprint density at radius 1 is 1.47 bits per heavy atom. The first-order valence-corrected chi connectivity index (χ1v) is 7.70. The number of likely N-dealkylation sites (N-methyl/N-ethyl adjacent to an activating group) is 1. The number of carbonyl (C=O) groups excluding carboxylic acids is 1. The Bertz CT molecular complexity index is 483. The monoisotopic (exact) mass is 326 g/mol. The third-order valence-corrected chi connectivity index (χ3v) is 4.84. The van der Waals surface area contributed by atoms with Crippen LogP contribution in [0, 0.1) is 0 Å². The minimum Gasteiger partial charge on any atom is -0.336 e. The van der Waals surface area contributed by atoms with E-state index in [4.69, 9.17) is 0 Å². The van der Waals surface area contributed by atoms with Crippen LogP contribution in [0.2, 0.25) is 0 Å². The van der Waals surface area contributed by atoms with Crippen LogP contribution in [0.5, 0.6) is 0 Å². The number of likely N-dealkylation sites (tertiary alicyclic amines) is 1. The number of halogens is 1. The second-order valence-corrected chi connectivity index (χ2v) is 6.25. The SMILES string of the molecule is CNC1CCCN(C(=O)c2n[nH]c(C3CC3)c2Br)C1. The number of aromatic amines is 1. The van der Waals surface area contributed by atoms with E-state index in [0.717, 1.165) is 36.1 Å². The molecular weight excluding hydrogens is 308 g/mol. The molecule has 1 amide bonds. The maximum absolute atomic E-state index is 12.5. The first kappa shape index (κ1) is 13.1. The highest BCUT2D eigenvalue weighted by Gasteiger charge is 2.32. The Balaban J connectivity index is 1.75. The Kier molecular flexibility index (Phi) is 3.62. The number of piperidine rings is 1. The molecule has 19 heavy (non-hydrogen) atoms. The molecule has 0 aromatic carbocycles. The summed E-state index contributed by atoms with van der Waals surface area (Å²) < 4.78 is 0.867. The van der Waals surface area contributed by atoms with E-state index >= 15 is 0 Å². The summed E-state index contributed by atoms with van der Waals surface area (Å²) in [4.78, 5) is 14.4. The topological polar surface area (TPSA) is 61.0 Å². The lowest BCUT2D eigenvalue weighted by Gasteiger charge is -2.32. The highest BCUT2D eigenvalue weighted by atomic mass is 79.9. The van der Waals surface area contributed by atoms with Gasteiger partial charge in [0.05, 0.1) is 10.2 Å². The Morgan fingerprint density at radius 2 is 2.26 bits per heavy atom. The van der Waals surface area contributed by atoms with Crippen LogP contribution in [-0.2, 0) is 0 Å². The van der Waals surface area contributed by atoms with E-state index in [9.17, 15) is 4.79 Å². The predicted molar refractivity (Wildman–Crippen MR) is 76.2 cm³/mol. The summed E-state index contributed by atoms with van der Waals surface area (Å²) in [5, 5.41) is 10.5. The van der Waals surface area contributed by atoms with Crippen molar-refractivity contribution in [2.75, 3.05) is 20.1 Å². The van der Waals surface area contributed by atoms with Gasteiger partial charge in [-0.25, -0.2) is 0 Å². The van der Waals surface area contributed by atoms with Crippen LogP contribution < -0.4 is 5.32 Å². The van der Waals surface area contributed by atoms with Crippen molar-refractivity contribution < 1.29 is 4.79 Å². The molecule has 5 nitrogen and oxygen atoms in total. The van der Waals surface area contributed by atoms with Gasteiger partial charge in [-0.05, 0) is 48.7 Å². The summed E-state index contributed by atoms with van der Waals surface area (Å²) in [6.45, 7) is 1.60. The minimum absolute atomic E-state index is 0.0370. The van der Waals surface area contributed by atoms with Gasteiger partial charge in [0.2, 0.25) is 0 Å². The highest BCUT2D eigenvalue weighted by Crippen LogP contribution is 2.43. The maximum Gasteiger partial charge on any atom is 0.275 e. The molecule has 1 aromatic heterocycles. The second kappa shape index (κ2) is 5.25. The van der Waals surface area contributed by atoms with Crippen LogP contribution >= 0.6 is 15.9 Å². The van der Waals surface area contributed by atoms with Gasteiger partial charge in [0.15, 0.2) is 5.69 Å². The van der Waals surface area contributed by atoms with E-state index in [1.807, 2.05) is 11.9 Å². The number of nitrogens with one attached hydrogen (secondary N) is 2. The Hall–Kier alpha value is -0.880. The van der Waals surface area contributed by atoms with E-state index in [1.54, 1.807) is 0 Å². The fourth-order valence-corrected chi connectivity index (χ4v) is 3.34. The third-order valence-electron chi connectivity index (χ3n) is 4.04. The van der Waals surface area contributed by atoms with Gasteiger partial charge < -0.3 is 10.2 Å². The molecule has 0 radical (unpaired) electrons. The van der Waals surface area contributed by atoms with Crippen molar-refractivity contribution in [3.63, 3.8) is 0 Å². The molecule has 1 aliphatic carbocycles. The molecule has 1 aliphatic heterocycles. The van der Waals surface area contributed by atoms with Crippen LogP contribution in [0.3, 0.4) is 0 Å². The van der Waals surface area contributed by atoms with Crippen LogP contribution in [-0.4, -0.2) is 47.2 Å². The molecule has 104 valence electrons. The largest absolute Gasteiger partial charge is 0.336 e. The summed E-state index contributed by atoms with van der Waals surface area (Å²) in [7, 11) is 1.95. The van der Waals surface area contributed by atoms with Gasteiger partial charge in [-0.15, -0.1) is 0 Å². The molecule has 1 saturated heterocycles. The molecule has 1 atom stereocenters. The van der Waals surface area contributed by atoms with E-state index in [2.05, 4.69) is 31.4 Å². The molecule has 2 fully saturated rings. The molecule has 3 rings (SSSR count).